The molecule has 0 bridgehead atoms. The lowest BCUT2D eigenvalue weighted by atomic mass is 10.0. The van der Waals surface area contributed by atoms with Crippen molar-refractivity contribution in [1.29, 1.82) is 0 Å². The molecule has 1 saturated carbocycles. The number of hydrogen-bond acceptors (Lipinski definition) is 2. The van der Waals surface area contributed by atoms with Gasteiger partial charge in [-0.2, -0.15) is 0 Å². The lowest BCUT2D eigenvalue weighted by Crippen LogP contribution is -2.43. The van der Waals surface area contributed by atoms with Crippen molar-refractivity contribution in [1.82, 2.24) is 0 Å². The van der Waals surface area contributed by atoms with Crippen molar-refractivity contribution in [3.8, 4) is 5.75 Å². The number of aryl methyl sites for hydroxylation is 2. The van der Waals surface area contributed by atoms with Crippen molar-refractivity contribution in [2.45, 2.75) is 39.2 Å². The molecule has 0 aliphatic heterocycles. The molecule has 0 heterocycles. The van der Waals surface area contributed by atoms with Gasteiger partial charge in [-0.1, -0.05) is 6.07 Å². The van der Waals surface area contributed by atoms with E-state index in [4.69, 9.17) is 4.74 Å². The van der Waals surface area contributed by atoms with E-state index in [-0.39, 0.29) is 5.92 Å². The second kappa shape index (κ2) is 4.06. The molecule has 0 spiro atoms. The van der Waals surface area contributed by atoms with Gasteiger partial charge in [0, 0.05) is 5.92 Å². The highest BCUT2D eigenvalue weighted by Crippen LogP contribution is 2.42. The maximum Gasteiger partial charge on any atom is 0.348 e. The Morgan fingerprint density at radius 1 is 1.29 bits per heavy atom. The molecular formula is C14H18O3. The maximum absolute atomic E-state index is 11.4. The first kappa shape index (κ1) is 12.0. The van der Waals surface area contributed by atoms with Gasteiger partial charge in [0.25, 0.3) is 0 Å². The molecule has 0 saturated heterocycles. The average molecular weight is 234 g/mol. The van der Waals surface area contributed by atoms with Gasteiger partial charge in [0.1, 0.15) is 5.75 Å². The van der Waals surface area contributed by atoms with Gasteiger partial charge in [-0.05, 0) is 56.9 Å². The summed E-state index contributed by atoms with van der Waals surface area (Å²) in [6.45, 7) is 5.63. The number of hydrogen-bond donors (Lipinski definition) is 1. The molecule has 92 valence electrons. The van der Waals surface area contributed by atoms with Crippen molar-refractivity contribution in [2.75, 3.05) is 0 Å². The minimum Gasteiger partial charge on any atom is -0.478 e. The third-order valence-electron chi connectivity index (χ3n) is 3.31. The van der Waals surface area contributed by atoms with E-state index in [1.54, 1.807) is 6.92 Å². The molecule has 3 heteroatoms. The van der Waals surface area contributed by atoms with E-state index < -0.39 is 11.6 Å². The van der Waals surface area contributed by atoms with Crippen LogP contribution in [0.5, 0.6) is 5.75 Å². The number of carbonyl (C=O) groups is 1. The van der Waals surface area contributed by atoms with Crippen LogP contribution in [-0.4, -0.2) is 16.7 Å². The van der Waals surface area contributed by atoms with Gasteiger partial charge in [0.2, 0.25) is 5.60 Å². The van der Waals surface area contributed by atoms with Gasteiger partial charge in [-0.3, -0.25) is 0 Å². The molecule has 0 radical (unpaired) electrons. The largest absolute Gasteiger partial charge is 0.478 e. The monoisotopic (exact) mass is 234 g/mol. The highest BCUT2D eigenvalue weighted by molar-refractivity contribution is 5.78. The zero-order valence-corrected chi connectivity index (χ0v) is 10.5. The Labute approximate surface area is 101 Å². The minimum atomic E-state index is -1.08. The molecule has 1 fully saturated rings. The predicted molar refractivity (Wildman–Crippen MR) is 65.3 cm³/mol. The third-order valence-corrected chi connectivity index (χ3v) is 3.31. The number of carboxylic acid groups (broad SMARTS) is 1. The van der Waals surface area contributed by atoms with Crippen LogP contribution in [0.1, 0.15) is 30.9 Å². The van der Waals surface area contributed by atoms with Gasteiger partial charge in [0.15, 0.2) is 0 Å². The second-order valence-electron chi connectivity index (χ2n) is 5.11. The van der Waals surface area contributed by atoms with Crippen molar-refractivity contribution in [2.24, 2.45) is 5.92 Å². The smallest absolute Gasteiger partial charge is 0.348 e. The molecule has 1 unspecified atom stereocenters. The molecule has 1 aliphatic carbocycles. The van der Waals surface area contributed by atoms with E-state index in [1.165, 1.54) is 0 Å². The summed E-state index contributed by atoms with van der Waals surface area (Å²) in [5.41, 5.74) is 1.09. The summed E-state index contributed by atoms with van der Waals surface area (Å²) in [7, 11) is 0. The summed E-state index contributed by atoms with van der Waals surface area (Å²) in [6, 6.07) is 5.81. The molecule has 1 aliphatic rings. The van der Waals surface area contributed by atoms with Gasteiger partial charge >= 0.3 is 5.97 Å². The summed E-state index contributed by atoms with van der Waals surface area (Å²) in [6.07, 6.45) is 1.88. The van der Waals surface area contributed by atoms with Gasteiger partial charge in [0.05, 0.1) is 0 Å². The zero-order valence-electron chi connectivity index (χ0n) is 10.5. The summed E-state index contributed by atoms with van der Waals surface area (Å²) in [4.78, 5) is 11.4. The Morgan fingerprint density at radius 3 is 2.24 bits per heavy atom. The van der Waals surface area contributed by atoms with Gasteiger partial charge < -0.3 is 9.84 Å². The van der Waals surface area contributed by atoms with Crippen molar-refractivity contribution < 1.29 is 14.6 Å². The molecule has 1 aromatic carbocycles. The van der Waals surface area contributed by atoms with Gasteiger partial charge in [-0.25, -0.2) is 4.79 Å². The molecule has 1 aromatic rings. The first-order valence-electron chi connectivity index (χ1n) is 5.92. The number of benzene rings is 1. The molecule has 0 amide bonds. The van der Waals surface area contributed by atoms with E-state index in [9.17, 15) is 9.90 Å². The molecule has 1 atom stereocenters. The topological polar surface area (TPSA) is 46.5 Å². The standard InChI is InChI=1S/C14H18O3/c1-9-6-10(2)8-12(7-9)17-14(3,13(15)16)11-4-5-11/h6-8,11H,4-5H2,1-3H3,(H,15,16). The Hall–Kier alpha value is -1.51. The molecule has 0 aromatic heterocycles. The first-order valence-corrected chi connectivity index (χ1v) is 5.92. The quantitative estimate of drug-likeness (QED) is 0.871. The zero-order chi connectivity index (χ0) is 12.6. The van der Waals surface area contributed by atoms with Crippen LogP contribution in [-0.2, 0) is 4.79 Å². The Balaban J connectivity index is 2.26. The first-order chi connectivity index (χ1) is 7.91. The van der Waals surface area contributed by atoms with E-state index in [1.807, 2.05) is 32.0 Å². The summed E-state index contributed by atoms with van der Waals surface area (Å²) in [5.74, 6) is -0.0840. The van der Waals surface area contributed by atoms with E-state index >= 15 is 0 Å². The Morgan fingerprint density at radius 2 is 1.82 bits per heavy atom. The van der Waals surface area contributed by atoms with Crippen LogP contribution < -0.4 is 4.74 Å². The number of aliphatic carboxylic acids is 1. The van der Waals surface area contributed by atoms with Crippen LogP contribution in [0.2, 0.25) is 0 Å². The van der Waals surface area contributed by atoms with E-state index in [0.717, 1.165) is 24.0 Å². The van der Waals surface area contributed by atoms with Gasteiger partial charge in [-0.15, -0.1) is 0 Å². The van der Waals surface area contributed by atoms with Crippen LogP contribution >= 0.6 is 0 Å². The van der Waals surface area contributed by atoms with Crippen molar-refractivity contribution in [3.05, 3.63) is 29.3 Å². The molecule has 3 nitrogen and oxygen atoms in total. The number of rotatable bonds is 4. The van der Waals surface area contributed by atoms with Crippen LogP contribution in [0.15, 0.2) is 18.2 Å². The summed E-state index contributed by atoms with van der Waals surface area (Å²) < 4.78 is 5.75. The number of ether oxygens (including phenoxy) is 1. The highest BCUT2D eigenvalue weighted by Gasteiger charge is 2.50. The van der Waals surface area contributed by atoms with Crippen LogP contribution in [0.4, 0.5) is 0 Å². The van der Waals surface area contributed by atoms with E-state index in [2.05, 4.69) is 0 Å². The molecule has 1 N–H and O–H groups in total. The number of carboxylic acids is 1. The fraction of sp³-hybridized carbons (Fsp3) is 0.500. The molecule has 2 rings (SSSR count). The fourth-order valence-corrected chi connectivity index (χ4v) is 2.17. The summed E-state index contributed by atoms with van der Waals surface area (Å²) in [5, 5.41) is 9.32. The lowest BCUT2D eigenvalue weighted by molar-refractivity contribution is -0.155. The predicted octanol–water partition coefficient (Wildman–Crippen LogP) is 2.94. The Kier molecular flexibility index (Phi) is 2.86. The highest BCUT2D eigenvalue weighted by atomic mass is 16.5. The van der Waals surface area contributed by atoms with Crippen molar-refractivity contribution >= 4 is 5.97 Å². The van der Waals surface area contributed by atoms with Crippen LogP contribution in [0, 0.1) is 19.8 Å². The maximum atomic E-state index is 11.4. The van der Waals surface area contributed by atoms with Crippen molar-refractivity contribution in [3.63, 3.8) is 0 Å². The third kappa shape index (κ3) is 2.43. The molecule has 17 heavy (non-hydrogen) atoms. The average Bonchev–Trinajstić information content (AvgIpc) is 2.97. The Bertz CT molecular complexity index is 429. The fourth-order valence-electron chi connectivity index (χ4n) is 2.17. The molecular weight excluding hydrogens is 216 g/mol. The normalized spacial score (nSPS) is 18.5. The second-order valence-corrected chi connectivity index (χ2v) is 5.11. The lowest BCUT2D eigenvalue weighted by Gasteiger charge is -2.26. The van der Waals surface area contributed by atoms with E-state index in [0.29, 0.717) is 5.75 Å². The van der Waals surface area contributed by atoms with Crippen LogP contribution in [0.3, 0.4) is 0 Å². The SMILES string of the molecule is Cc1cc(C)cc(OC(C)(C(=O)O)C2CC2)c1. The van der Waals surface area contributed by atoms with Crippen LogP contribution in [0.25, 0.3) is 0 Å². The summed E-state index contributed by atoms with van der Waals surface area (Å²) >= 11 is 0. The minimum absolute atomic E-state index is 0.140.